The Kier molecular flexibility index (Phi) is 5.69. The normalized spacial score (nSPS) is 11.1. The summed E-state index contributed by atoms with van der Waals surface area (Å²) in [6.07, 6.45) is 0. The van der Waals surface area contributed by atoms with E-state index in [2.05, 4.69) is 116 Å². The second-order valence-corrected chi connectivity index (χ2v) is 10.8. The summed E-state index contributed by atoms with van der Waals surface area (Å²) in [5.74, 6) is 0.902. The number of nitrogens with one attached hydrogen (secondary N) is 1. The average molecular weight is 489 g/mol. The van der Waals surface area contributed by atoms with Crippen LogP contribution in [0.25, 0.3) is 53.4 Å². The molecule has 0 saturated heterocycles. The summed E-state index contributed by atoms with van der Waals surface area (Å²) in [6, 6.07) is 36.2. The fraction of sp³-hybridized carbons (Fsp3) is 0.0645. The molecule has 6 rings (SSSR count). The third-order valence-corrected chi connectivity index (χ3v) is 8.74. The number of nitrogens with zero attached hydrogens (tertiary/aromatic N) is 1. The first-order valence-electron chi connectivity index (χ1n) is 11.7. The van der Waals surface area contributed by atoms with Crippen molar-refractivity contribution < 1.29 is 0 Å². The SMILES string of the molecule is Cc1cc(-c2ccccc2)sc1-c1nc(-c2ccccc2)[nH]c1-c1sc(-c2ccccc2)cc1C. The van der Waals surface area contributed by atoms with Gasteiger partial charge in [-0.15, -0.1) is 22.7 Å². The Balaban J connectivity index is 1.53. The lowest BCUT2D eigenvalue weighted by Crippen LogP contribution is -1.82. The molecule has 0 aliphatic rings. The Hall–Kier alpha value is -3.73. The quantitative estimate of drug-likeness (QED) is 0.257. The van der Waals surface area contributed by atoms with Gasteiger partial charge in [-0.25, -0.2) is 4.98 Å². The van der Waals surface area contributed by atoms with Crippen molar-refractivity contribution in [2.24, 2.45) is 0 Å². The van der Waals surface area contributed by atoms with Crippen LogP contribution >= 0.6 is 22.7 Å². The zero-order valence-electron chi connectivity index (χ0n) is 19.6. The second-order valence-electron chi connectivity index (χ2n) is 8.65. The molecule has 0 aliphatic carbocycles. The van der Waals surface area contributed by atoms with Crippen molar-refractivity contribution in [2.45, 2.75) is 13.8 Å². The van der Waals surface area contributed by atoms with Crippen LogP contribution in [0, 0.1) is 13.8 Å². The molecule has 1 N–H and O–H groups in total. The minimum Gasteiger partial charge on any atom is -0.337 e. The number of aromatic amines is 1. The highest BCUT2D eigenvalue weighted by Crippen LogP contribution is 2.45. The van der Waals surface area contributed by atoms with Crippen LogP contribution in [-0.4, -0.2) is 9.97 Å². The predicted octanol–water partition coefficient (Wildman–Crippen LogP) is 9.48. The van der Waals surface area contributed by atoms with E-state index in [1.165, 1.54) is 41.8 Å². The number of H-pyrrole nitrogens is 1. The molecule has 0 amide bonds. The van der Waals surface area contributed by atoms with Gasteiger partial charge in [0.05, 0.1) is 15.4 Å². The molecule has 0 unspecified atom stereocenters. The molecule has 6 aromatic rings. The van der Waals surface area contributed by atoms with E-state index < -0.39 is 0 Å². The first kappa shape index (κ1) is 21.8. The molecule has 0 saturated carbocycles. The van der Waals surface area contributed by atoms with Gasteiger partial charge in [-0.2, -0.15) is 0 Å². The standard InChI is InChI=1S/C31H24N2S2/c1-20-18-25(22-12-6-3-7-13-22)34-29(20)27-28(33-31(32-27)24-16-10-5-11-17-24)30-21(2)19-26(35-30)23-14-8-4-9-15-23/h3-19H,1-2H3,(H,32,33). The average Bonchev–Trinajstić information content (AvgIpc) is 3.62. The van der Waals surface area contributed by atoms with Crippen LogP contribution in [0.3, 0.4) is 0 Å². The number of imidazole rings is 1. The highest BCUT2D eigenvalue weighted by atomic mass is 32.1. The minimum atomic E-state index is 0.902. The van der Waals surface area contributed by atoms with Crippen LogP contribution in [0.5, 0.6) is 0 Å². The van der Waals surface area contributed by atoms with E-state index in [4.69, 9.17) is 4.98 Å². The van der Waals surface area contributed by atoms with Gasteiger partial charge in [-0.3, -0.25) is 0 Å². The molecular weight excluding hydrogens is 464 g/mol. The minimum absolute atomic E-state index is 0.902. The summed E-state index contributed by atoms with van der Waals surface area (Å²) < 4.78 is 0. The van der Waals surface area contributed by atoms with Crippen molar-refractivity contribution in [3.63, 3.8) is 0 Å². The lowest BCUT2D eigenvalue weighted by atomic mass is 10.1. The lowest BCUT2D eigenvalue weighted by Gasteiger charge is -2.02. The van der Waals surface area contributed by atoms with Crippen LogP contribution in [0.1, 0.15) is 11.1 Å². The van der Waals surface area contributed by atoms with Gasteiger partial charge in [0.2, 0.25) is 0 Å². The molecule has 3 heterocycles. The summed E-state index contributed by atoms with van der Waals surface area (Å²) in [7, 11) is 0. The molecule has 0 spiro atoms. The Morgan fingerprint density at radius 2 is 1.03 bits per heavy atom. The zero-order chi connectivity index (χ0) is 23.8. The first-order valence-corrected chi connectivity index (χ1v) is 13.3. The van der Waals surface area contributed by atoms with Gasteiger partial charge in [0.1, 0.15) is 11.5 Å². The van der Waals surface area contributed by atoms with E-state index in [-0.39, 0.29) is 0 Å². The van der Waals surface area contributed by atoms with Crippen LogP contribution in [-0.2, 0) is 0 Å². The molecule has 0 aliphatic heterocycles. The second kappa shape index (κ2) is 9.14. The maximum Gasteiger partial charge on any atom is 0.138 e. The molecule has 0 fully saturated rings. The van der Waals surface area contributed by atoms with Gasteiger partial charge < -0.3 is 4.98 Å². The summed E-state index contributed by atoms with van der Waals surface area (Å²) in [5.41, 5.74) is 8.21. The first-order chi connectivity index (χ1) is 17.2. The molecule has 170 valence electrons. The summed E-state index contributed by atoms with van der Waals surface area (Å²) in [4.78, 5) is 13.9. The number of hydrogen-bond acceptors (Lipinski definition) is 3. The summed E-state index contributed by atoms with van der Waals surface area (Å²) >= 11 is 3.64. The molecule has 0 radical (unpaired) electrons. The van der Waals surface area contributed by atoms with E-state index >= 15 is 0 Å². The van der Waals surface area contributed by atoms with E-state index in [9.17, 15) is 0 Å². The van der Waals surface area contributed by atoms with E-state index in [1.54, 1.807) is 0 Å². The highest BCUT2D eigenvalue weighted by Gasteiger charge is 2.22. The molecule has 2 nitrogen and oxygen atoms in total. The Morgan fingerprint density at radius 3 is 1.57 bits per heavy atom. The van der Waals surface area contributed by atoms with Gasteiger partial charge in [0, 0.05) is 15.3 Å². The molecule has 35 heavy (non-hydrogen) atoms. The number of aryl methyl sites for hydroxylation is 2. The molecule has 4 heteroatoms. The summed E-state index contributed by atoms with van der Waals surface area (Å²) in [5, 5.41) is 0. The maximum absolute atomic E-state index is 5.18. The molecule has 3 aromatic carbocycles. The fourth-order valence-corrected chi connectivity index (χ4v) is 6.72. The third kappa shape index (κ3) is 4.16. The number of hydrogen-bond donors (Lipinski definition) is 1. The van der Waals surface area contributed by atoms with Gasteiger partial charge in [-0.05, 0) is 48.2 Å². The van der Waals surface area contributed by atoms with Gasteiger partial charge >= 0.3 is 0 Å². The monoisotopic (exact) mass is 488 g/mol. The zero-order valence-corrected chi connectivity index (χ0v) is 21.2. The number of aromatic nitrogens is 2. The lowest BCUT2D eigenvalue weighted by molar-refractivity contribution is 1.31. The van der Waals surface area contributed by atoms with Crippen molar-refractivity contribution in [3.05, 3.63) is 114 Å². The van der Waals surface area contributed by atoms with E-state index in [0.29, 0.717) is 0 Å². The van der Waals surface area contributed by atoms with Crippen LogP contribution in [0.4, 0.5) is 0 Å². The number of rotatable bonds is 5. The Bertz CT molecular complexity index is 1490. The number of thiophene rings is 2. The van der Waals surface area contributed by atoms with E-state index in [1.807, 2.05) is 28.7 Å². The van der Waals surface area contributed by atoms with Gasteiger partial charge in [-0.1, -0.05) is 91.0 Å². The molecular formula is C31H24N2S2. The van der Waals surface area contributed by atoms with Crippen LogP contribution in [0.15, 0.2) is 103 Å². The van der Waals surface area contributed by atoms with Crippen molar-refractivity contribution in [1.82, 2.24) is 9.97 Å². The van der Waals surface area contributed by atoms with Gasteiger partial charge in [0.15, 0.2) is 0 Å². The van der Waals surface area contributed by atoms with Crippen molar-refractivity contribution >= 4 is 22.7 Å². The molecule has 0 atom stereocenters. The third-order valence-electron chi connectivity index (χ3n) is 6.15. The van der Waals surface area contributed by atoms with Crippen molar-refractivity contribution in [1.29, 1.82) is 0 Å². The summed E-state index contributed by atoms with van der Waals surface area (Å²) in [6.45, 7) is 4.39. The molecule has 0 bridgehead atoms. The fourth-order valence-electron chi connectivity index (χ4n) is 4.37. The smallest absolute Gasteiger partial charge is 0.138 e. The van der Waals surface area contributed by atoms with E-state index in [0.717, 1.165) is 22.8 Å². The highest BCUT2D eigenvalue weighted by molar-refractivity contribution is 7.20. The Labute approximate surface area is 213 Å². The Morgan fingerprint density at radius 1 is 0.571 bits per heavy atom. The predicted molar refractivity (Wildman–Crippen MR) is 151 cm³/mol. The van der Waals surface area contributed by atoms with Gasteiger partial charge in [0.25, 0.3) is 0 Å². The van der Waals surface area contributed by atoms with Crippen molar-refractivity contribution in [3.8, 4) is 53.4 Å². The van der Waals surface area contributed by atoms with Crippen LogP contribution in [0.2, 0.25) is 0 Å². The molecule has 3 aromatic heterocycles. The van der Waals surface area contributed by atoms with Crippen molar-refractivity contribution in [2.75, 3.05) is 0 Å². The largest absolute Gasteiger partial charge is 0.337 e. The van der Waals surface area contributed by atoms with Crippen LogP contribution < -0.4 is 0 Å². The maximum atomic E-state index is 5.18. The topological polar surface area (TPSA) is 28.7 Å². The number of benzene rings is 3.